The topological polar surface area (TPSA) is 47.6 Å². The summed E-state index contributed by atoms with van der Waals surface area (Å²) < 4.78 is 11.7. The molecular formula is C19H24ClNO3S2. The molecule has 1 aliphatic heterocycles. The summed E-state index contributed by atoms with van der Waals surface area (Å²) in [5, 5.41) is 3.06. The SMILES string of the molecule is CCCCCCCCOc1c(Cl)cc(/C=C2/SC(=S)NC2=O)cc1OC. The molecule has 0 saturated carbocycles. The van der Waals surface area contributed by atoms with Gasteiger partial charge in [-0.2, -0.15) is 0 Å². The lowest BCUT2D eigenvalue weighted by Gasteiger charge is -2.13. The molecule has 0 unspecified atom stereocenters. The van der Waals surface area contributed by atoms with Gasteiger partial charge in [-0.1, -0.05) is 74.6 Å². The predicted molar refractivity (Wildman–Crippen MR) is 113 cm³/mol. The number of rotatable bonds is 10. The van der Waals surface area contributed by atoms with Gasteiger partial charge in [-0.05, 0) is 30.2 Å². The fraction of sp³-hybridized carbons (Fsp3) is 0.474. The molecule has 1 amide bonds. The number of thiocarbonyl (C=S) groups is 1. The largest absolute Gasteiger partial charge is 0.493 e. The first kappa shape index (κ1) is 21.1. The first-order valence-electron chi connectivity index (χ1n) is 8.80. The van der Waals surface area contributed by atoms with E-state index in [2.05, 4.69) is 12.2 Å². The Morgan fingerprint density at radius 3 is 2.62 bits per heavy atom. The van der Waals surface area contributed by atoms with Crippen LogP contribution in [-0.2, 0) is 4.79 Å². The molecule has 26 heavy (non-hydrogen) atoms. The molecule has 0 spiro atoms. The molecule has 0 aliphatic carbocycles. The molecule has 0 bridgehead atoms. The van der Waals surface area contributed by atoms with Crippen LogP contribution in [0.4, 0.5) is 0 Å². The van der Waals surface area contributed by atoms with E-state index in [1.54, 1.807) is 19.3 Å². The minimum atomic E-state index is -0.196. The number of hydrogen-bond acceptors (Lipinski definition) is 5. The Bertz CT molecular complexity index is 692. The fourth-order valence-electron chi connectivity index (χ4n) is 2.59. The Hall–Kier alpha value is -1.24. The second-order valence-electron chi connectivity index (χ2n) is 6.00. The van der Waals surface area contributed by atoms with Crippen LogP contribution in [0.15, 0.2) is 17.0 Å². The average molecular weight is 414 g/mol. The van der Waals surface area contributed by atoms with Crippen molar-refractivity contribution >= 4 is 51.9 Å². The highest BCUT2D eigenvalue weighted by molar-refractivity contribution is 8.26. The number of ether oxygens (including phenoxy) is 2. The standard InChI is InChI=1S/C19H24ClNO3S2/c1-3-4-5-6-7-8-9-24-17-14(20)10-13(11-15(17)23-2)12-16-18(22)21-19(25)26-16/h10-12H,3-9H2,1-2H3,(H,21,22,25)/b16-12+. The van der Waals surface area contributed by atoms with Crippen molar-refractivity contribution in [3.63, 3.8) is 0 Å². The molecule has 1 saturated heterocycles. The average Bonchev–Trinajstić information content (AvgIpc) is 2.92. The van der Waals surface area contributed by atoms with Gasteiger partial charge in [0.15, 0.2) is 11.5 Å². The maximum atomic E-state index is 11.8. The lowest BCUT2D eigenvalue weighted by Crippen LogP contribution is -2.17. The van der Waals surface area contributed by atoms with E-state index >= 15 is 0 Å². The van der Waals surface area contributed by atoms with E-state index in [0.29, 0.717) is 32.4 Å². The number of thioether (sulfide) groups is 1. The van der Waals surface area contributed by atoms with Crippen LogP contribution in [-0.4, -0.2) is 23.9 Å². The zero-order chi connectivity index (χ0) is 18.9. The maximum Gasteiger partial charge on any atom is 0.263 e. The summed E-state index contributed by atoms with van der Waals surface area (Å²) in [6.07, 6.45) is 8.93. The summed E-state index contributed by atoms with van der Waals surface area (Å²) in [4.78, 5) is 12.3. The quantitative estimate of drug-likeness (QED) is 0.308. The Morgan fingerprint density at radius 2 is 1.96 bits per heavy atom. The summed E-state index contributed by atoms with van der Waals surface area (Å²) in [6.45, 7) is 2.82. The molecule has 7 heteroatoms. The van der Waals surface area contributed by atoms with Crippen molar-refractivity contribution in [2.45, 2.75) is 45.4 Å². The lowest BCUT2D eigenvalue weighted by molar-refractivity contribution is -0.115. The number of carbonyl (C=O) groups is 1. The second kappa shape index (κ2) is 10.8. The van der Waals surface area contributed by atoms with Gasteiger partial charge in [0, 0.05) is 0 Å². The van der Waals surface area contributed by atoms with Crippen molar-refractivity contribution < 1.29 is 14.3 Å². The molecule has 0 atom stereocenters. The van der Waals surface area contributed by atoms with Crippen LogP contribution in [0.1, 0.15) is 51.0 Å². The third-order valence-electron chi connectivity index (χ3n) is 3.94. The van der Waals surface area contributed by atoms with Crippen LogP contribution in [0, 0.1) is 0 Å². The van der Waals surface area contributed by atoms with Gasteiger partial charge in [0.2, 0.25) is 0 Å². The molecule has 1 aromatic rings. The summed E-state index contributed by atoms with van der Waals surface area (Å²) in [5.74, 6) is 0.906. The van der Waals surface area contributed by atoms with E-state index in [4.69, 9.17) is 33.3 Å². The van der Waals surface area contributed by atoms with Crippen molar-refractivity contribution in [3.8, 4) is 11.5 Å². The van der Waals surface area contributed by atoms with E-state index in [-0.39, 0.29) is 5.91 Å². The minimum Gasteiger partial charge on any atom is -0.493 e. The minimum absolute atomic E-state index is 0.196. The predicted octanol–water partition coefficient (Wildman–Crippen LogP) is 5.58. The smallest absolute Gasteiger partial charge is 0.263 e. The number of carbonyl (C=O) groups excluding carboxylic acids is 1. The number of methoxy groups -OCH3 is 1. The second-order valence-corrected chi connectivity index (χ2v) is 8.13. The van der Waals surface area contributed by atoms with E-state index in [0.717, 1.165) is 18.4 Å². The Morgan fingerprint density at radius 1 is 1.23 bits per heavy atom. The van der Waals surface area contributed by atoms with Gasteiger partial charge < -0.3 is 14.8 Å². The van der Waals surface area contributed by atoms with Crippen molar-refractivity contribution in [2.75, 3.05) is 13.7 Å². The van der Waals surface area contributed by atoms with Gasteiger partial charge >= 0.3 is 0 Å². The van der Waals surface area contributed by atoms with Gasteiger partial charge in [0.25, 0.3) is 5.91 Å². The highest BCUT2D eigenvalue weighted by Gasteiger charge is 2.22. The molecule has 4 nitrogen and oxygen atoms in total. The molecule has 0 aromatic heterocycles. The van der Waals surface area contributed by atoms with Gasteiger partial charge in [0.1, 0.15) is 4.32 Å². The molecule has 0 radical (unpaired) electrons. The summed E-state index contributed by atoms with van der Waals surface area (Å²) in [6, 6.07) is 3.58. The van der Waals surface area contributed by atoms with E-state index in [1.807, 2.05) is 6.07 Å². The van der Waals surface area contributed by atoms with Gasteiger partial charge in [-0.25, -0.2) is 0 Å². The highest BCUT2D eigenvalue weighted by Crippen LogP contribution is 2.38. The number of benzene rings is 1. The summed E-state index contributed by atoms with van der Waals surface area (Å²) in [5.41, 5.74) is 0.765. The summed E-state index contributed by atoms with van der Waals surface area (Å²) in [7, 11) is 1.58. The Balaban J connectivity index is 1.99. The molecule has 1 N–H and O–H groups in total. The van der Waals surface area contributed by atoms with Crippen molar-refractivity contribution in [2.24, 2.45) is 0 Å². The van der Waals surface area contributed by atoms with E-state index in [1.165, 1.54) is 37.4 Å². The molecule has 1 aliphatic rings. The zero-order valence-corrected chi connectivity index (χ0v) is 17.5. The van der Waals surface area contributed by atoms with Crippen LogP contribution in [0.3, 0.4) is 0 Å². The van der Waals surface area contributed by atoms with Gasteiger partial charge in [-0.15, -0.1) is 0 Å². The van der Waals surface area contributed by atoms with Crippen molar-refractivity contribution in [1.29, 1.82) is 0 Å². The number of halogens is 1. The third kappa shape index (κ3) is 6.18. The molecule has 1 heterocycles. The monoisotopic (exact) mass is 413 g/mol. The number of unbranched alkanes of at least 4 members (excludes halogenated alkanes) is 5. The maximum absolute atomic E-state index is 11.8. The van der Waals surface area contributed by atoms with Crippen LogP contribution in [0.2, 0.25) is 5.02 Å². The first-order valence-corrected chi connectivity index (χ1v) is 10.4. The van der Waals surface area contributed by atoms with Crippen LogP contribution < -0.4 is 14.8 Å². The molecule has 142 valence electrons. The number of hydrogen-bond donors (Lipinski definition) is 1. The number of nitrogens with one attached hydrogen (secondary N) is 1. The van der Waals surface area contributed by atoms with Crippen molar-refractivity contribution in [1.82, 2.24) is 5.32 Å². The third-order valence-corrected chi connectivity index (χ3v) is 5.38. The molecule has 1 aromatic carbocycles. The normalized spacial score (nSPS) is 15.4. The van der Waals surface area contributed by atoms with Crippen LogP contribution >= 0.6 is 35.6 Å². The van der Waals surface area contributed by atoms with E-state index in [9.17, 15) is 4.79 Å². The van der Waals surface area contributed by atoms with Gasteiger partial charge in [0.05, 0.1) is 23.6 Å². The molecular weight excluding hydrogens is 390 g/mol. The first-order chi connectivity index (χ1) is 12.5. The van der Waals surface area contributed by atoms with Gasteiger partial charge in [-0.3, -0.25) is 4.79 Å². The molecule has 2 rings (SSSR count). The van der Waals surface area contributed by atoms with Crippen molar-refractivity contribution in [3.05, 3.63) is 27.6 Å². The van der Waals surface area contributed by atoms with E-state index < -0.39 is 0 Å². The van der Waals surface area contributed by atoms with Crippen LogP contribution in [0.25, 0.3) is 6.08 Å². The lowest BCUT2D eigenvalue weighted by atomic mass is 10.1. The Labute approximate surface area is 169 Å². The molecule has 1 fully saturated rings. The highest BCUT2D eigenvalue weighted by atomic mass is 35.5. The number of amides is 1. The Kier molecular flexibility index (Phi) is 8.75. The zero-order valence-electron chi connectivity index (χ0n) is 15.1. The summed E-state index contributed by atoms with van der Waals surface area (Å²) >= 11 is 12.6. The van der Waals surface area contributed by atoms with Crippen LogP contribution in [0.5, 0.6) is 11.5 Å². The fourth-order valence-corrected chi connectivity index (χ4v) is 3.91.